The lowest BCUT2D eigenvalue weighted by molar-refractivity contribution is -0.247. The van der Waals surface area contributed by atoms with E-state index < -0.39 is 62.8 Å². The molecule has 11 nitrogen and oxygen atoms in total. The lowest BCUT2D eigenvalue weighted by Crippen LogP contribution is -2.61. The van der Waals surface area contributed by atoms with Crippen molar-refractivity contribution in [3.8, 4) is 5.75 Å². The van der Waals surface area contributed by atoms with E-state index in [0.717, 1.165) is 51.4 Å². The van der Waals surface area contributed by atoms with Gasteiger partial charge in [0, 0.05) is 0 Å². The van der Waals surface area contributed by atoms with Crippen LogP contribution in [-0.4, -0.2) is 65.4 Å². The van der Waals surface area contributed by atoms with E-state index in [4.69, 9.17) is 13.5 Å². The Kier molecular flexibility index (Phi) is 21.0. The van der Waals surface area contributed by atoms with Crippen LogP contribution in [0.4, 0.5) is 26.3 Å². The molecule has 0 atom stereocenters. The highest BCUT2D eigenvalue weighted by atomic mass is 32.2. The minimum absolute atomic E-state index is 0.118. The van der Waals surface area contributed by atoms with E-state index in [-0.39, 0.29) is 12.6 Å². The summed E-state index contributed by atoms with van der Waals surface area (Å²) in [5.74, 6) is -8.50. The molecule has 0 fully saturated rings. The molecule has 0 aliphatic heterocycles. The van der Waals surface area contributed by atoms with E-state index in [2.05, 4.69) is 4.18 Å². The third-order valence-corrected chi connectivity index (χ3v) is 12.7. The van der Waals surface area contributed by atoms with E-state index in [9.17, 15) is 56.4 Å². The van der Waals surface area contributed by atoms with Crippen LogP contribution in [0.25, 0.3) is 0 Å². The smallest absolute Gasteiger partial charge is 0.450 e. The Labute approximate surface area is 322 Å². The molecule has 0 radical (unpaired) electrons. The summed E-state index contributed by atoms with van der Waals surface area (Å²) < 4.78 is 174. The number of carbonyl (C=O) groups is 1. The molecule has 0 heterocycles. The summed E-state index contributed by atoms with van der Waals surface area (Å²) in [7, 11) is -18.7. The highest BCUT2D eigenvalue weighted by molar-refractivity contribution is 7.89. The van der Waals surface area contributed by atoms with E-state index in [1.807, 2.05) is 20.8 Å². The van der Waals surface area contributed by atoms with Gasteiger partial charge in [-0.15, -0.1) is 0 Å². The third-order valence-electron chi connectivity index (χ3n) is 9.13. The fourth-order valence-electron chi connectivity index (χ4n) is 5.10. The normalized spacial score (nSPS) is 13.6. The van der Waals surface area contributed by atoms with Crippen molar-refractivity contribution in [1.82, 2.24) is 0 Å². The van der Waals surface area contributed by atoms with Crippen LogP contribution in [0.3, 0.4) is 0 Å². The molecule has 0 amide bonds. The molecule has 1 rings (SSSR count). The lowest BCUT2D eigenvalue weighted by Gasteiger charge is -2.29. The van der Waals surface area contributed by atoms with Crippen LogP contribution < -0.4 is 4.18 Å². The van der Waals surface area contributed by atoms with Gasteiger partial charge < -0.3 is 8.92 Å². The summed E-state index contributed by atoms with van der Waals surface area (Å²) >= 11 is 0. The van der Waals surface area contributed by atoms with E-state index in [0.29, 0.717) is 43.7 Å². The summed E-state index contributed by atoms with van der Waals surface area (Å²) in [6.45, 7) is 6.09. The molecule has 0 aromatic heterocycles. The zero-order valence-electron chi connectivity index (χ0n) is 31.7. The van der Waals surface area contributed by atoms with Crippen molar-refractivity contribution in [3.05, 3.63) is 24.3 Å². The number of hydrogen-bond acceptors (Lipinski definition) is 10. The molecule has 0 saturated carbocycles. The number of ether oxygens (including phenoxy) is 1. The standard InChI is InChI=1S/C35H56F6O11S3/c1-4-32(2,3)31(42)50-27-21-19-17-15-13-11-9-7-5-6-8-10-12-14-16-18-20-22-28-51-53(43,44)30-25-23-29(24-26-30)52-55(48,49)35(40,41)33(36,37)34(38,39)54(45,46)47/h23-26H,4-22,27-28H2,1-3H3,(H,45,46,47). The summed E-state index contributed by atoms with van der Waals surface area (Å²) in [6.07, 6.45) is 20.0. The van der Waals surface area contributed by atoms with Gasteiger partial charge in [-0.05, 0) is 57.4 Å². The molecule has 0 aliphatic rings. The number of unbranched alkanes of at least 4 members (excludes halogenated alkanes) is 17. The van der Waals surface area contributed by atoms with Gasteiger partial charge in [0.15, 0.2) is 0 Å². The molecule has 1 aromatic carbocycles. The van der Waals surface area contributed by atoms with Gasteiger partial charge in [0.05, 0.1) is 23.5 Å². The number of rotatable bonds is 31. The fourth-order valence-corrected chi connectivity index (χ4v) is 7.47. The van der Waals surface area contributed by atoms with Crippen LogP contribution in [-0.2, 0) is 44.1 Å². The summed E-state index contributed by atoms with van der Waals surface area (Å²) in [5.41, 5.74) is -0.410. The predicted octanol–water partition coefficient (Wildman–Crippen LogP) is 9.81. The minimum Gasteiger partial charge on any atom is -0.465 e. The average molecular weight is 863 g/mol. The van der Waals surface area contributed by atoms with Crippen molar-refractivity contribution in [3.63, 3.8) is 0 Å². The third kappa shape index (κ3) is 16.0. The van der Waals surface area contributed by atoms with Crippen LogP contribution in [0.2, 0.25) is 0 Å². The van der Waals surface area contributed by atoms with E-state index in [1.54, 1.807) is 0 Å². The van der Waals surface area contributed by atoms with Gasteiger partial charge in [-0.25, -0.2) is 0 Å². The fraction of sp³-hybridized carbons (Fsp3) is 0.800. The number of esters is 1. The van der Waals surface area contributed by atoms with Gasteiger partial charge in [-0.2, -0.15) is 51.6 Å². The van der Waals surface area contributed by atoms with Gasteiger partial charge in [0.1, 0.15) is 5.75 Å². The zero-order chi connectivity index (χ0) is 42.0. The molecule has 1 aromatic rings. The van der Waals surface area contributed by atoms with Gasteiger partial charge in [-0.1, -0.05) is 110 Å². The molecule has 322 valence electrons. The van der Waals surface area contributed by atoms with Crippen LogP contribution in [0.15, 0.2) is 29.2 Å². The van der Waals surface area contributed by atoms with Crippen LogP contribution in [0.5, 0.6) is 5.75 Å². The second-order valence-electron chi connectivity index (χ2n) is 14.1. The SMILES string of the molecule is CCC(C)(C)C(=O)OCCCCCCCCCCCCCCCCCCCCOS(=O)(=O)c1ccc(OS(=O)(=O)C(F)(F)C(F)(F)C(F)(F)S(=O)(=O)O)cc1. The first-order valence-corrected chi connectivity index (χ1v) is 22.8. The van der Waals surface area contributed by atoms with E-state index in [1.165, 1.54) is 57.8 Å². The van der Waals surface area contributed by atoms with Crippen molar-refractivity contribution in [1.29, 1.82) is 0 Å². The maximum absolute atomic E-state index is 14.0. The van der Waals surface area contributed by atoms with Crippen molar-refractivity contribution >= 4 is 36.3 Å². The molecular formula is C35H56F6O11S3. The molecule has 0 saturated heterocycles. The summed E-state index contributed by atoms with van der Waals surface area (Å²) in [5, 5.41) is -13.8. The topological polar surface area (TPSA) is 167 Å². The molecule has 0 unspecified atom stereocenters. The average Bonchev–Trinajstić information content (AvgIpc) is 3.09. The number of hydrogen-bond donors (Lipinski definition) is 1. The molecule has 55 heavy (non-hydrogen) atoms. The minimum atomic E-state index is -7.20. The van der Waals surface area contributed by atoms with Crippen molar-refractivity contribution in [2.45, 2.75) is 164 Å². The quantitative estimate of drug-likeness (QED) is 0.0248. The summed E-state index contributed by atoms with van der Waals surface area (Å²) in [6, 6.07) is 2.11. The summed E-state index contributed by atoms with van der Waals surface area (Å²) in [4.78, 5) is 11.3. The van der Waals surface area contributed by atoms with Crippen molar-refractivity contribution in [2.24, 2.45) is 5.41 Å². The predicted molar refractivity (Wildman–Crippen MR) is 194 cm³/mol. The van der Waals surface area contributed by atoms with Crippen LogP contribution in [0.1, 0.15) is 143 Å². The molecule has 1 N–H and O–H groups in total. The second-order valence-corrected chi connectivity index (χ2v) is 18.8. The Hall–Kier alpha value is -2.16. The first-order chi connectivity index (χ1) is 25.4. The van der Waals surface area contributed by atoms with Crippen molar-refractivity contribution < 1.29 is 74.0 Å². The Balaban J connectivity index is 2.17. The monoisotopic (exact) mass is 862 g/mol. The first-order valence-electron chi connectivity index (χ1n) is 18.6. The molecule has 0 spiro atoms. The number of benzene rings is 1. The lowest BCUT2D eigenvalue weighted by atomic mass is 9.91. The van der Waals surface area contributed by atoms with Crippen molar-refractivity contribution in [2.75, 3.05) is 13.2 Å². The van der Waals surface area contributed by atoms with E-state index >= 15 is 0 Å². The number of halogens is 6. The Morgan fingerprint density at radius 1 is 0.600 bits per heavy atom. The van der Waals surface area contributed by atoms with Gasteiger partial charge in [0.25, 0.3) is 10.1 Å². The Morgan fingerprint density at radius 2 is 0.964 bits per heavy atom. The van der Waals surface area contributed by atoms with Crippen LogP contribution >= 0.6 is 0 Å². The number of carbonyl (C=O) groups excluding carboxylic acids is 1. The highest BCUT2D eigenvalue weighted by Crippen LogP contribution is 2.51. The van der Waals surface area contributed by atoms with Gasteiger partial charge in [-0.3, -0.25) is 13.5 Å². The largest absolute Gasteiger partial charge is 0.465 e. The maximum atomic E-state index is 14.0. The molecule has 0 aliphatic carbocycles. The molecule has 0 bridgehead atoms. The van der Waals surface area contributed by atoms with Gasteiger partial charge >= 0.3 is 42.6 Å². The Morgan fingerprint density at radius 3 is 1.33 bits per heavy atom. The second kappa shape index (κ2) is 22.7. The Bertz CT molecular complexity index is 1620. The molecule has 20 heteroatoms. The highest BCUT2D eigenvalue weighted by Gasteiger charge is 2.83. The number of alkyl halides is 6. The maximum Gasteiger partial charge on any atom is 0.450 e. The van der Waals surface area contributed by atoms with Gasteiger partial charge in [0.2, 0.25) is 0 Å². The first kappa shape index (κ1) is 50.9. The molecular weight excluding hydrogens is 807 g/mol. The van der Waals surface area contributed by atoms with Crippen LogP contribution in [0, 0.1) is 5.41 Å². The zero-order valence-corrected chi connectivity index (χ0v) is 34.1.